The van der Waals surface area contributed by atoms with Gasteiger partial charge in [0.25, 0.3) is 5.91 Å². The van der Waals surface area contributed by atoms with Gasteiger partial charge in [0, 0.05) is 30.7 Å². The highest BCUT2D eigenvalue weighted by molar-refractivity contribution is 6.00. The van der Waals surface area contributed by atoms with Gasteiger partial charge in [0.1, 0.15) is 11.4 Å². The molecule has 0 bridgehead atoms. The van der Waals surface area contributed by atoms with Crippen LogP contribution in [-0.2, 0) is 7.05 Å². The first-order valence-electron chi connectivity index (χ1n) is 6.45. The number of amides is 1. The highest BCUT2D eigenvalue weighted by Gasteiger charge is 2.12. The third-order valence-corrected chi connectivity index (χ3v) is 3.12. The Labute approximate surface area is 115 Å². The maximum absolute atomic E-state index is 11.8. The lowest BCUT2D eigenvalue weighted by molar-refractivity contribution is 0.0956. The lowest BCUT2D eigenvalue weighted by Gasteiger charge is -2.01. The molecule has 0 radical (unpaired) electrons. The fourth-order valence-electron chi connectivity index (χ4n) is 2.16. The second kappa shape index (κ2) is 4.80. The van der Waals surface area contributed by atoms with Crippen molar-refractivity contribution in [2.24, 2.45) is 7.05 Å². The number of aromatic amines is 1. The van der Waals surface area contributed by atoms with Gasteiger partial charge in [-0.2, -0.15) is 10.2 Å². The number of hydrogen-bond donors (Lipinski definition) is 2. The van der Waals surface area contributed by atoms with Crippen molar-refractivity contribution in [3.8, 4) is 11.4 Å². The van der Waals surface area contributed by atoms with Crippen LogP contribution < -0.4 is 5.32 Å². The minimum atomic E-state index is -0.0802. The molecule has 6 heteroatoms. The predicted molar refractivity (Wildman–Crippen MR) is 76.3 cm³/mol. The summed E-state index contributed by atoms with van der Waals surface area (Å²) in [6, 6.07) is 7.41. The van der Waals surface area contributed by atoms with E-state index in [4.69, 9.17) is 0 Å². The zero-order valence-corrected chi connectivity index (χ0v) is 11.3. The second-order valence-corrected chi connectivity index (χ2v) is 4.57. The molecule has 3 rings (SSSR count). The summed E-state index contributed by atoms with van der Waals surface area (Å²) < 4.78 is 1.74. The van der Waals surface area contributed by atoms with Crippen molar-refractivity contribution in [2.45, 2.75) is 6.92 Å². The Morgan fingerprint density at radius 2 is 2.25 bits per heavy atom. The van der Waals surface area contributed by atoms with Crippen LogP contribution in [-0.4, -0.2) is 32.4 Å². The second-order valence-electron chi connectivity index (χ2n) is 4.57. The molecule has 2 heterocycles. The first kappa shape index (κ1) is 12.4. The number of H-pyrrole nitrogens is 1. The van der Waals surface area contributed by atoms with Gasteiger partial charge in [-0.3, -0.25) is 14.6 Å². The third kappa shape index (κ3) is 2.05. The van der Waals surface area contributed by atoms with Gasteiger partial charge in [-0.25, -0.2) is 0 Å². The molecule has 0 aliphatic heterocycles. The van der Waals surface area contributed by atoms with Gasteiger partial charge in [0.05, 0.1) is 5.52 Å². The van der Waals surface area contributed by atoms with Gasteiger partial charge < -0.3 is 5.32 Å². The quantitative estimate of drug-likeness (QED) is 0.760. The standard InChI is InChI=1S/C14H15N5O/c1-3-15-14(20)9-4-5-10-12(8-9)16-17-13(10)11-6-7-19(2)18-11/h4-8H,3H2,1-2H3,(H,15,20)(H,16,17). The van der Waals surface area contributed by atoms with Crippen molar-refractivity contribution in [3.05, 3.63) is 36.0 Å². The Bertz CT molecular complexity index is 771. The van der Waals surface area contributed by atoms with Crippen molar-refractivity contribution >= 4 is 16.8 Å². The number of fused-ring (bicyclic) bond motifs is 1. The molecule has 1 amide bonds. The molecule has 0 aliphatic carbocycles. The molecular weight excluding hydrogens is 254 g/mol. The van der Waals surface area contributed by atoms with Gasteiger partial charge >= 0.3 is 0 Å². The van der Waals surface area contributed by atoms with E-state index < -0.39 is 0 Å². The normalized spacial score (nSPS) is 10.9. The molecule has 0 fully saturated rings. The average Bonchev–Trinajstić information content (AvgIpc) is 3.04. The molecule has 0 spiro atoms. The van der Waals surface area contributed by atoms with E-state index in [1.165, 1.54) is 0 Å². The van der Waals surface area contributed by atoms with Gasteiger partial charge in [-0.1, -0.05) is 0 Å². The first-order chi connectivity index (χ1) is 9.69. The van der Waals surface area contributed by atoms with Gasteiger partial charge in [-0.05, 0) is 31.2 Å². The van der Waals surface area contributed by atoms with Crippen molar-refractivity contribution in [1.29, 1.82) is 0 Å². The Balaban J connectivity index is 2.04. The van der Waals surface area contributed by atoms with Crippen molar-refractivity contribution in [2.75, 3.05) is 6.54 Å². The minimum Gasteiger partial charge on any atom is -0.352 e. The van der Waals surface area contributed by atoms with E-state index in [-0.39, 0.29) is 5.91 Å². The summed E-state index contributed by atoms with van der Waals surface area (Å²) in [6.07, 6.45) is 1.87. The lowest BCUT2D eigenvalue weighted by atomic mass is 10.1. The third-order valence-electron chi connectivity index (χ3n) is 3.12. The largest absolute Gasteiger partial charge is 0.352 e. The molecule has 0 saturated heterocycles. The van der Waals surface area contributed by atoms with Crippen LogP contribution in [0.15, 0.2) is 30.5 Å². The molecule has 102 valence electrons. The molecular formula is C14H15N5O. The number of aryl methyl sites for hydroxylation is 1. The summed E-state index contributed by atoms with van der Waals surface area (Å²) >= 11 is 0. The van der Waals surface area contributed by atoms with Crippen molar-refractivity contribution in [1.82, 2.24) is 25.3 Å². The molecule has 0 unspecified atom stereocenters. The Morgan fingerprint density at radius 3 is 2.95 bits per heavy atom. The van der Waals surface area contributed by atoms with E-state index in [9.17, 15) is 4.79 Å². The first-order valence-corrected chi connectivity index (χ1v) is 6.45. The molecule has 0 saturated carbocycles. The Morgan fingerprint density at radius 1 is 1.40 bits per heavy atom. The number of nitrogens with zero attached hydrogens (tertiary/aromatic N) is 3. The van der Waals surface area contributed by atoms with Gasteiger partial charge in [0.15, 0.2) is 0 Å². The number of nitrogens with one attached hydrogen (secondary N) is 2. The number of aromatic nitrogens is 4. The van der Waals surface area contributed by atoms with Crippen LogP contribution in [0.2, 0.25) is 0 Å². The maximum atomic E-state index is 11.8. The molecule has 6 nitrogen and oxygen atoms in total. The predicted octanol–water partition coefficient (Wildman–Crippen LogP) is 1.71. The fraction of sp³-hybridized carbons (Fsp3) is 0.214. The SMILES string of the molecule is CCNC(=O)c1ccc2c(-c3ccn(C)n3)n[nH]c2c1. The van der Waals surface area contributed by atoms with E-state index in [0.29, 0.717) is 12.1 Å². The minimum absolute atomic E-state index is 0.0802. The monoisotopic (exact) mass is 269 g/mol. The molecule has 20 heavy (non-hydrogen) atoms. The number of hydrogen-bond acceptors (Lipinski definition) is 3. The summed E-state index contributed by atoms with van der Waals surface area (Å²) in [7, 11) is 1.87. The Hall–Kier alpha value is -2.63. The summed E-state index contributed by atoms with van der Waals surface area (Å²) in [5.74, 6) is -0.0802. The van der Waals surface area contributed by atoms with Crippen LogP contribution in [0.4, 0.5) is 0 Å². The summed E-state index contributed by atoms with van der Waals surface area (Å²) in [5.41, 5.74) is 3.05. The topological polar surface area (TPSA) is 75.6 Å². The number of benzene rings is 1. The smallest absolute Gasteiger partial charge is 0.251 e. The van der Waals surface area contributed by atoms with Crippen LogP contribution in [0.25, 0.3) is 22.3 Å². The molecule has 0 atom stereocenters. The number of rotatable bonds is 3. The van der Waals surface area contributed by atoms with Crippen LogP contribution in [0, 0.1) is 0 Å². The van der Waals surface area contributed by atoms with E-state index in [2.05, 4.69) is 20.6 Å². The summed E-state index contributed by atoms with van der Waals surface area (Å²) in [5, 5.41) is 15.3. The van der Waals surface area contributed by atoms with Crippen LogP contribution in [0.3, 0.4) is 0 Å². The zero-order chi connectivity index (χ0) is 14.1. The summed E-state index contributed by atoms with van der Waals surface area (Å²) in [4.78, 5) is 11.8. The highest BCUT2D eigenvalue weighted by Crippen LogP contribution is 2.25. The van der Waals surface area contributed by atoms with Crippen LogP contribution in [0.5, 0.6) is 0 Å². The van der Waals surface area contributed by atoms with Crippen LogP contribution in [0.1, 0.15) is 17.3 Å². The van der Waals surface area contributed by atoms with Crippen LogP contribution >= 0.6 is 0 Å². The average molecular weight is 269 g/mol. The number of carbonyl (C=O) groups is 1. The summed E-state index contributed by atoms with van der Waals surface area (Å²) in [6.45, 7) is 2.50. The molecule has 3 aromatic rings. The van der Waals surface area contributed by atoms with Crippen molar-refractivity contribution in [3.63, 3.8) is 0 Å². The molecule has 1 aromatic carbocycles. The van der Waals surface area contributed by atoms with E-state index in [1.54, 1.807) is 16.8 Å². The van der Waals surface area contributed by atoms with E-state index in [0.717, 1.165) is 22.3 Å². The van der Waals surface area contributed by atoms with Gasteiger partial charge in [0.2, 0.25) is 0 Å². The molecule has 0 aliphatic rings. The Kier molecular flexibility index (Phi) is 2.98. The maximum Gasteiger partial charge on any atom is 0.251 e. The highest BCUT2D eigenvalue weighted by atomic mass is 16.1. The lowest BCUT2D eigenvalue weighted by Crippen LogP contribution is -2.22. The van der Waals surface area contributed by atoms with E-state index in [1.807, 2.05) is 32.3 Å². The van der Waals surface area contributed by atoms with Crippen molar-refractivity contribution < 1.29 is 4.79 Å². The molecule has 2 N–H and O–H groups in total. The molecule has 2 aromatic heterocycles. The van der Waals surface area contributed by atoms with Gasteiger partial charge in [-0.15, -0.1) is 0 Å². The fourth-order valence-corrected chi connectivity index (χ4v) is 2.16. The van der Waals surface area contributed by atoms with E-state index >= 15 is 0 Å². The zero-order valence-electron chi connectivity index (χ0n) is 11.3. The number of carbonyl (C=O) groups excluding carboxylic acids is 1.